The van der Waals surface area contributed by atoms with Crippen LogP contribution in [0.5, 0.6) is 0 Å². The molecule has 19 heavy (non-hydrogen) atoms. The van der Waals surface area contributed by atoms with Crippen LogP contribution in [0.1, 0.15) is 6.92 Å². The van der Waals surface area contributed by atoms with E-state index in [0.29, 0.717) is 29.1 Å². The molecule has 0 aliphatic heterocycles. The number of anilines is 2. The molecule has 102 valence electrons. The molecule has 1 aromatic carbocycles. The number of methoxy groups -OCH3 is 1. The van der Waals surface area contributed by atoms with Crippen LogP contribution in [-0.2, 0) is 4.74 Å². The molecule has 1 aromatic heterocycles. The lowest BCUT2D eigenvalue weighted by atomic mass is 10.1. The molecule has 0 fully saturated rings. The van der Waals surface area contributed by atoms with Gasteiger partial charge in [-0.15, -0.1) is 0 Å². The van der Waals surface area contributed by atoms with E-state index in [0.717, 1.165) is 12.2 Å². The molecule has 1 heterocycles. The molecule has 1 atom stereocenters. The maximum absolute atomic E-state index is 11.6. The van der Waals surface area contributed by atoms with Crippen molar-refractivity contribution in [2.24, 2.45) is 5.92 Å². The first-order chi connectivity index (χ1) is 9.11. The van der Waals surface area contributed by atoms with Crippen LogP contribution in [0.4, 0.5) is 11.4 Å². The summed E-state index contributed by atoms with van der Waals surface area (Å²) in [7, 11) is 1.68. The summed E-state index contributed by atoms with van der Waals surface area (Å²) >= 11 is 0. The second-order valence-corrected chi connectivity index (χ2v) is 4.63. The third kappa shape index (κ3) is 3.03. The van der Waals surface area contributed by atoms with Crippen LogP contribution >= 0.6 is 0 Å². The molecule has 0 aliphatic carbocycles. The maximum Gasteiger partial charge on any atom is 0.258 e. The molecule has 6 heteroatoms. The van der Waals surface area contributed by atoms with E-state index < -0.39 is 0 Å². The minimum atomic E-state index is -0.184. The van der Waals surface area contributed by atoms with Crippen LogP contribution in [0.15, 0.2) is 23.3 Å². The van der Waals surface area contributed by atoms with Crippen molar-refractivity contribution in [1.29, 1.82) is 0 Å². The van der Waals surface area contributed by atoms with Crippen molar-refractivity contribution in [3.8, 4) is 0 Å². The zero-order valence-electron chi connectivity index (χ0n) is 11.1. The number of hydrogen-bond donors (Lipinski definition) is 3. The predicted octanol–water partition coefficient (Wildman–Crippen LogP) is 1.20. The van der Waals surface area contributed by atoms with Crippen LogP contribution in [-0.4, -0.2) is 30.2 Å². The Morgan fingerprint density at radius 2 is 2.32 bits per heavy atom. The molecule has 0 radical (unpaired) electrons. The normalized spacial score (nSPS) is 12.5. The second-order valence-electron chi connectivity index (χ2n) is 4.63. The highest BCUT2D eigenvalue weighted by molar-refractivity contribution is 5.88. The third-order valence-electron chi connectivity index (χ3n) is 2.90. The van der Waals surface area contributed by atoms with Crippen LogP contribution in [0.25, 0.3) is 10.9 Å². The molecule has 0 bridgehead atoms. The standard InChI is InChI=1S/C13H18N4O2/c1-8(6-19-2)5-15-12-4-11-9(3-10(12)14)13(18)17-7-16-11/h3-4,7-8,15H,5-6,14H2,1-2H3,(H,16,17,18). The Labute approximate surface area is 111 Å². The Morgan fingerprint density at radius 1 is 1.53 bits per heavy atom. The van der Waals surface area contributed by atoms with Gasteiger partial charge in [-0.1, -0.05) is 6.92 Å². The quantitative estimate of drug-likeness (QED) is 0.704. The molecular formula is C13H18N4O2. The number of benzene rings is 1. The molecule has 0 aliphatic rings. The lowest BCUT2D eigenvalue weighted by molar-refractivity contribution is 0.164. The van der Waals surface area contributed by atoms with E-state index >= 15 is 0 Å². The number of H-pyrrole nitrogens is 1. The van der Waals surface area contributed by atoms with Crippen molar-refractivity contribution in [2.75, 3.05) is 31.3 Å². The largest absolute Gasteiger partial charge is 0.397 e. The first-order valence-electron chi connectivity index (χ1n) is 6.11. The SMILES string of the molecule is COCC(C)CNc1cc2nc[nH]c(=O)c2cc1N. The van der Waals surface area contributed by atoms with Crippen LogP contribution in [0.3, 0.4) is 0 Å². The van der Waals surface area contributed by atoms with Gasteiger partial charge in [0.05, 0.1) is 35.2 Å². The first-order valence-corrected chi connectivity index (χ1v) is 6.11. The Bertz CT molecular complexity index is 624. The summed E-state index contributed by atoms with van der Waals surface area (Å²) in [4.78, 5) is 18.3. The van der Waals surface area contributed by atoms with Crippen molar-refractivity contribution in [2.45, 2.75) is 6.92 Å². The van der Waals surface area contributed by atoms with Crippen molar-refractivity contribution in [3.05, 3.63) is 28.8 Å². The summed E-state index contributed by atoms with van der Waals surface area (Å²) in [6, 6.07) is 3.43. The van der Waals surface area contributed by atoms with Gasteiger partial charge in [-0.2, -0.15) is 0 Å². The topological polar surface area (TPSA) is 93.0 Å². The van der Waals surface area contributed by atoms with Crippen molar-refractivity contribution >= 4 is 22.3 Å². The Hall–Kier alpha value is -2.08. The molecule has 1 unspecified atom stereocenters. The van der Waals surface area contributed by atoms with E-state index in [-0.39, 0.29) is 5.56 Å². The van der Waals surface area contributed by atoms with Gasteiger partial charge in [0.25, 0.3) is 5.56 Å². The van der Waals surface area contributed by atoms with Gasteiger partial charge < -0.3 is 20.8 Å². The summed E-state index contributed by atoms with van der Waals surface area (Å²) in [6.45, 7) is 3.50. The fraction of sp³-hybridized carbons (Fsp3) is 0.385. The number of aromatic nitrogens is 2. The van der Waals surface area contributed by atoms with Crippen LogP contribution < -0.4 is 16.6 Å². The van der Waals surface area contributed by atoms with Gasteiger partial charge in [-0.25, -0.2) is 4.98 Å². The third-order valence-corrected chi connectivity index (χ3v) is 2.90. The zero-order chi connectivity index (χ0) is 13.8. The monoisotopic (exact) mass is 262 g/mol. The number of fused-ring (bicyclic) bond motifs is 1. The minimum Gasteiger partial charge on any atom is -0.397 e. The lowest BCUT2D eigenvalue weighted by Crippen LogP contribution is -2.17. The van der Waals surface area contributed by atoms with Crippen molar-refractivity contribution < 1.29 is 4.74 Å². The number of nitrogens with one attached hydrogen (secondary N) is 2. The number of hydrogen-bond acceptors (Lipinski definition) is 5. The Morgan fingerprint density at radius 3 is 3.05 bits per heavy atom. The van der Waals surface area contributed by atoms with Gasteiger partial charge in [-0.3, -0.25) is 4.79 Å². The van der Waals surface area contributed by atoms with Gasteiger partial charge in [0.1, 0.15) is 0 Å². The fourth-order valence-corrected chi connectivity index (χ4v) is 1.91. The number of nitrogens with zero attached hydrogens (tertiary/aromatic N) is 1. The molecule has 6 nitrogen and oxygen atoms in total. The summed E-state index contributed by atoms with van der Waals surface area (Å²) in [5, 5.41) is 3.75. The van der Waals surface area contributed by atoms with E-state index in [1.54, 1.807) is 19.2 Å². The van der Waals surface area contributed by atoms with E-state index in [1.165, 1.54) is 6.33 Å². The minimum absolute atomic E-state index is 0.184. The smallest absolute Gasteiger partial charge is 0.258 e. The highest BCUT2D eigenvalue weighted by Gasteiger charge is 2.07. The Balaban J connectivity index is 2.24. The summed E-state index contributed by atoms with van der Waals surface area (Å²) in [6.07, 6.45) is 1.39. The maximum atomic E-state index is 11.6. The number of nitrogens with two attached hydrogens (primary N) is 1. The molecule has 4 N–H and O–H groups in total. The molecule has 0 saturated heterocycles. The van der Waals surface area contributed by atoms with E-state index in [9.17, 15) is 4.79 Å². The van der Waals surface area contributed by atoms with Crippen LogP contribution in [0.2, 0.25) is 0 Å². The highest BCUT2D eigenvalue weighted by Crippen LogP contribution is 2.23. The van der Waals surface area contributed by atoms with Gasteiger partial charge in [0, 0.05) is 13.7 Å². The van der Waals surface area contributed by atoms with Crippen molar-refractivity contribution in [1.82, 2.24) is 9.97 Å². The van der Waals surface area contributed by atoms with E-state index in [1.807, 2.05) is 0 Å². The molecule has 0 amide bonds. The number of ether oxygens (including phenoxy) is 1. The lowest BCUT2D eigenvalue weighted by Gasteiger charge is -2.14. The van der Waals surface area contributed by atoms with E-state index in [2.05, 4.69) is 22.2 Å². The number of rotatable bonds is 5. The van der Waals surface area contributed by atoms with Gasteiger partial charge in [-0.05, 0) is 18.1 Å². The number of aromatic amines is 1. The highest BCUT2D eigenvalue weighted by atomic mass is 16.5. The molecule has 2 aromatic rings. The molecular weight excluding hydrogens is 244 g/mol. The van der Waals surface area contributed by atoms with Gasteiger partial charge >= 0.3 is 0 Å². The van der Waals surface area contributed by atoms with E-state index in [4.69, 9.17) is 10.5 Å². The molecule has 0 saturated carbocycles. The predicted molar refractivity (Wildman–Crippen MR) is 76.3 cm³/mol. The molecule has 2 rings (SSSR count). The average molecular weight is 262 g/mol. The van der Waals surface area contributed by atoms with Gasteiger partial charge in [0.15, 0.2) is 0 Å². The fourth-order valence-electron chi connectivity index (χ4n) is 1.91. The Kier molecular flexibility index (Phi) is 4.01. The summed E-state index contributed by atoms with van der Waals surface area (Å²) in [5.41, 5.74) is 7.71. The zero-order valence-corrected chi connectivity index (χ0v) is 11.1. The van der Waals surface area contributed by atoms with Gasteiger partial charge in [0.2, 0.25) is 0 Å². The average Bonchev–Trinajstić information content (AvgIpc) is 2.38. The van der Waals surface area contributed by atoms with Crippen LogP contribution in [0, 0.1) is 5.92 Å². The molecule has 0 spiro atoms. The summed E-state index contributed by atoms with van der Waals surface area (Å²) in [5.74, 6) is 0.368. The first kappa shape index (κ1) is 13.4. The second kappa shape index (κ2) is 5.71. The number of nitrogen functional groups attached to an aromatic ring is 1. The summed E-state index contributed by atoms with van der Waals surface area (Å²) < 4.78 is 5.08. The van der Waals surface area contributed by atoms with Crippen molar-refractivity contribution in [3.63, 3.8) is 0 Å².